The molecular formula is C21H27N3O3. The normalized spacial score (nSPS) is 15.2. The molecule has 0 atom stereocenters. The lowest BCUT2D eigenvalue weighted by molar-refractivity contribution is 0.0861. The van der Waals surface area contributed by atoms with Crippen LogP contribution in [0.4, 0.5) is 4.79 Å². The van der Waals surface area contributed by atoms with E-state index in [9.17, 15) is 9.59 Å². The quantitative estimate of drug-likeness (QED) is 0.892. The second-order valence-electron chi connectivity index (χ2n) is 7.20. The molecule has 0 radical (unpaired) electrons. The smallest absolute Gasteiger partial charge is 0.409 e. The van der Waals surface area contributed by atoms with Crippen LogP contribution in [0.25, 0.3) is 10.9 Å². The van der Waals surface area contributed by atoms with E-state index in [1.165, 1.54) is 0 Å². The number of amides is 2. The highest BCUT2D eigenvalue weighted by Gasteiger charge is 2.25. The third-order valence-corrected chi connectivity index (χ3v) is 4.93. The van der Waals surface area contributed by atoms with Gasteiger partial charge in [0.1, 0.15) is 0 Å². The van der Waals surface area contributed by atoms with Crippen LogP contribution in [0.2, 0.25) is 0 Å². The Morgan fingerprint density at radius 3 is 2.63 bits per heavy atom. The minimum Gasteiger partial charge on any atom is -0.450 e. The van der Waals surface area contributed by atoms with Crippen LogP contribution in [0.5, 0.6) is 0 Å². The maximum Gasteiger partial charge on any atom is 0.409 e. The first-order chi connectivity index (χ1) is 13.0. The number of aromatic nitrogens is 1. The molecule has 0 saturated carbocycles. The van der Waals surface area contributed by atoms with Crippen molar-refractivity contribution in [2.45, 2.75) is 45.6 Å². The molecule has 2 amide bonds. The molecule has 0 unspecified atom stereocenters. The largest absolute Gasteiger partial charge is 0.450 e. The molecule has 1 N–H and O–H groups in total. The van der Waals surface area contributed by atoms with Gasteiger partial charge in [-0.15, -0.1) is 0 Å². The third kappa shape index (κ3) is 4.38. The molecule has 3 rings (SSSR count). The number of carbonyl (C=O) groups is 2. The lowest BCUT2D eigenvalue weighted by Crippen LogP contribution is -2.46. The van der Waals surface area contributed by atoms with Crippen LogP contribution in [0, 0.1) is 0 Å². The molecule has 1 saturated heterocycles. The monoisotopic (exact) mass is 369 g/mol. The van der Waals surface area contributed by atoms with Gasteiger partial charge in [0, 0.05) is 30.2 Å². The lowest BCUT2D eigenvalue weighted by Gasteiger charge is -2.31. The fourth-order valence-corrected chi connectivity index (χ4v) is 3.36. The van der Waals surface area contributed by atoms with Gasteiger partial charge in [0.25, 0.3) is 5.91 Å². The van der Waals surface area contributed by atoms with E-state index in [0.717, 1.165) is 29.4 Å². The summed E-state index contributed by atoms with van der Waals surface area (Å²) < 4.78 is 5.04. The Bertz CT molecular complexity index is 827. The van der Waals surface area contributed by atoms with E-state index in [1.807, 2.05) is 30.3 Å². The number of nitrogens with one attached hydrogen (secondary N) is 1. The number of rotatable bonds is 4. The summed E-state index contributed by atoms with van der Waals surface area (Å²) in [4.78, 5) is 31.2. The number of fused-ring (bicyclic) bond motifs is 1. The highest BCUT2D eigenvalue weighted by Crippen LogP contribution is 2.23. The minimum atomic E-state index is -0.274. The Hall–Kier alpha value is -2.63. The summed E-state index contributed by atoms with van der Waals surface area (Å²) in [6.07, 6.45) is 1.18. The number of benzene rings is 1. The van der Waals surface area contributed by atoms with E-state index < -0.39 is 0 Å². The van der Waals surface area contributed by atoms with E-state index >= 15 is 0 Å². The zero-order chi connectivity index (χ0) is 19.4. The number of nitrogens with zero attached hydrogens (tertiary/aromatic N) is 2. The van der Waals surface area contributed by atoms with Crippen molar-refractivity contribution in [2.24, 2.45) is 0 Å². The molecule has 6 heteroatoms. The highest BCUT2D eigenvalue weighted by atomic mass is 16.6. The molecule has 27 heavy (non-hydrogen) atoms. The van der Waals surface area contributed by atoms with Crippen LogP contribution in [-0.4, -0.2) is 47.6 Å². The predicted molar refractivity (Wildman–Crippen MR) is 105 cm³/mol. The molecule has 1 aromatic heterocycles. The summed E-state index contributed by atoms with van der Waals surface area (Å²) in [6, 6.07) is 9.69. The Kier molecular flexibility index (Phi) is 5.94. The molecule has 1 aliphatic rings. The standard InChI is InChI=1S/C21H27N3O3/c1-4-27-21(26)24-11-9-15(10-12-24)22-20(25)17-13-19(14(2)3)23-18-8-6-5-7-16(17)18/h5-8,13-15H,4,9-12H2,1-3H3,(H,22,25). The van der Waals surface area contributed by atoms with Crippen molar-refractivity contribution in [3.63, 3.8) is 0 Å². The molecule has 144 valence electrons. The number of carbonyl (C=O) groups excluding carboxylic acids is 2. The second kappa shape index (κ2) is 8.37. The van der Waals surface area contributed by atoms with Crippen LogP contribution in [-0.2, 0) is 4.74 Å². The van der Waals surface area contributed by atoms with Crippen molar-refractivity contribution < 1.29 is 14.3 Å². The number of piperidine rings is 1. The molecule has 1 aromatic carbocycles. The SMILES string of the molecule is CCOC(=O)N1CCC(NC(=O)c2cc(C(C)C)nc3ccccc23)CC1. The van der Waals surface area contributed by atoms with Gasteiger partial charge in [0.05, 0.1) is 17.7 Å². The Morgan fingerprint density at radius 1 is 1.26 bits per heavy atom. The van der Waals surface area contributed by atoms with E-state index in [-0.39, 0.29) is 24.0 Å². The lowest BCUT2D eigenvalue weighted by atomic mass is 10.0. The van der Waals surface area contributed by atoms with Crippen LogP contribution < -0.4 is 5.32 Å². The number of ether oxygens (including phenoxy) is 1. The van der Waals surface area contributed by atoms with Crippen LogP contribution in [0.1, 0.15) is 55.6 Å². The van der Waals surface area contributed by atoms with Crippen LogP contribution >= 0.6 is 0 Å². The van der Waals surface area contributed by atoms with E-state index in [1.54, 1.807) is 11.8 Å². The average Bonchev–Trinajstić information content (AvgIpc) is 2.67. The first kappa shape index (κ1) is 19.1. The first-order valence-corrected chi connectivity index (χ1v) is 9.61. The summed E-state index contributed by atoms with van der Waals surface area (Å²) in [7, 11) is 0. The van der Waals surface area contributed by atoms with Crippen LogP contribution in [0.15, 0.2) is 30.3 Å². The maximum absolute atomic E-state index is 13.0. The molecule has 1 fully saturated rings. The molecule has 1 aliphatic heterocycles. The molecule has 6 nitrogen and oxygen atoms in total. The van der Waals surface area contributed by atoms with Gasteiger partial charge in [-0.3, -0.25) is 9.78 Å². The van der Waals surface area contributed by atoms with E-state index in [2.05, 4.69) is 24.1 Å². The van der Waals surface area contributed by atoms with E-state index in [4.69, 9.17) is 4.74 Å². The molecule has 2 heterocycles. The van der Waals surface area contributed by atoms with Crippen molar-refractivity contribution in [1.29, 1.82) is 0 Å². The summed E-state index contributed by atoms with van der Waals surface area (Å²) in [5, 5.41) is 4.00. The van der Waals surface area contributed by atoms with Gasteiger partial charge >= 0.3 is 6.09 Å². The fraction of sp³-hybridized carbons (Fsp3) is 0.476. The van der Waals surface area contributed by atoms with Crippen molar-refractivity contribution in [3.05, 3.63) is 41.6 Å². The van der Waals surface area contributed by atoms with Gasteiger partial charge in [-0.25, -0.2) is 4.79 Å². The third-order valence-electron chi connectivity index (χ3n) is 4.93. The molecular weight excluding hydrogens is 342 g/mol. The summed E-state index contributed by atoms with van der Waals surface area (Å²) in [6.45, 7) is 7.52. The van der Waals surface area contributed by atoms with Crippen molar-refractivity contribution in [2.75, 3.05) is 19.7 Å². The number of hydrogen-bond acceptors (Lipinski definition) is 4. The summed E-state index contributed by atoms with van der Waals surface area (Å²) in [5.74, 6) is 0.166. The molecule has 0 bridgehead atoms. The molecule has 0 spiro atoms. The van der Waals surface area contributed by atoms with Gasteiger partial charge < -0.3 is 15.0 Å². The van der Waals surface area contributed by atoms with Crippen LogP contribution in [0.3, 0.4) is 0 Å². The zero-order valence-electron chi connectivity index (χ0n) is 16.2. The fourth-order valence-electron chi connectivity index (χ4n) is 3.36. The summed E-state index contributed by atoms with van der Waals surface area (Å²) >= 11 is 0. The Labute approximate surface area is 159 Å². The van der Waals surface area contributed by atoms with Gasteiger partial charge in [0.15, 0.2) is 0 Å². The predicted octanol–water partition coefficient (Wildman–Crippen LogP) is 3.71. The van der Waals surface area contributed by atoms with Gasteiger partial charge in [0.2, 0.25) is 0 Å². The zero-order valence-corrected chi connectivity index (χ0v) is 16.2. The van der Waals surface area contributed by atoms with Gasteiger partial charge in [-0.1, -0.05) is 32.0 Å². The van der Waals surface area contributed by atoms with Crippen molar-refractivity contribution in [1.82, 2.24) is 15.2 Å². The van der Waals surface area contributed by atoms with E-state index in [0.29, 0.717) is 25.3 Å². The summed E-state index contributed by atoms with van der Waals surface area (Å²) in [5.41, 5.74) is 2.42. The van der Waals surface area contributed by atoms with Gasteiger partial charge in [-0.05, 0) is 37.8 Å². The maximum atomic E-state index is 13.0. The average molecular weight is 369 g/mol. The van der Waals surface area contributed by atoms with Crippen molar-refractivity contribution >= 4 is 22.9 Å². The van der Waals surface area contributed by atoms with Gasteiger partial charge in [-0.2, -0.15) is 0 Å². The number of para-hydroxylation sites is 1. The highest BCUT2D eigenvalue weighted by molar-refractivity contribution is 6.06. The topological polar surface area (TPSA) is 71.5 Å². The molecule has 2 aromatic rings. The Morgan fingerprint density at radius 2 is 1.96 bits per heavy atom. The first-order valence-electron chi connectivity index (χ1n) is 9.61. The van der Waals surface area contributed by atoms with Crippen molar-refractivity contribution in [3.8, 4) is 0 Å². The second-order valence-corrected chi connectivity index (χ2v) is 7.20. The minimum absolute atomic E-state index is 0.0533. The number of pyridine rings is 1. The number of likely N-dealkylation sites (tertiary alicyclic amines) is 1. The molecule has 0 aliphatic carbocycles. The number of hydrogen-bond donors (Lipinski definition) is 1. The Balaban J connectivity index is 1.73.